The largest absolute Gasteiger partial charge is 0.343 e. The van der Waals surface area contributed by atoms with Crippen LogP contribution in [0.1, 0.15) is 68.5 Å². The minimum Gasteiger partial charge on any atom is -0.343 e. The number of imidazole rings is 1. The highest BCUT2D eigenvalue weighted by Crippen LogP contribution is 2.14. The Bertz CT molecular complexity index is 635. The minimum absolute atomic E-state index is 0. The molecule has 0 fully saturated rings. The highest BCUT2D eigenvalue weighted by atomic mass is 16.2. The molecule has 0 saturated carbocycles. The quantitative estimate of drug-likeness (QED) is 0.930. The van der Waals surface area contributed by atoms with Crippen LogP contribution in [-0.2, 0) is 0 Å². The third-order valence-corrected chi connectivity index (χ3v) is 3.38. The summed E-state index contributed by atoms with van der Waals surface area (Å²) in [6.45, 7) is 10.5. The molecule has 5 heteroatoms. The maximum absolute atomic E-state index is 11.4. The fourth-order valence-electron chi connectivity index (χ4n) is 2.08. The summed E-state index contributed by atoms with van der Waals surface area (Å²) >= 11 is 0. The zero-order chi connectivity index (χ0) is 17.6. The number of H-pyrrole nitrogens is 1. The normalized spacial score (nSPS) is 10.5. The highest BCUT2D eigenvalue weighted by Gasteiger charge is 2.12. The molecule has 0 bridgehead atoms. The number of hydrogen-bond donors (Lipinski definition) is 1. The Morgan fingerprint density at radius 2 is 1.83 bits per heavy atom. The molecule has 2 heterocycles. The van der Waals surface area contributed by atoms with Gasteiger partial charge in [-0.3, -0.25) is 9.78 Å². The summed E-state index contributed by atoms with van der Waals surface area (Å²) in [7, 11) is 3.44. The molecular weight excluding hydrogens is 288 g/mol. The molecule has 23 heavy (non-hydrogen) atoms. The third-order valence-electron chi connectivity index (χ3n) is 3.38. The van der Waals surface area contributed by atoms with Crippen LogP contribution in [0.3, 0.4) is 0 Å². The molecule has 0 aliphatic heterocycles. The summed E-state index contributed by atoms with van der Waals surface area (Å²) in [6.07, 6.45) is 3.43. The van der Waals surface area contributed by atoms with Crippen molar-refractivity contribution in [1.29, 1.82) is 0 Å². The second-order valence-corrected chi connectivity index (χ2v) is 6.40. The molecule has 0 atom stereocenters. The van der Waals surface area contributed by atoms with Gasteiger partial charge in [-0.05, 0) is 24.5 Å². The van der Waals surface area contributed by atoms with Crippen LogP contribution in [0, 0.1) is 6.92 Å². The van der Waals surface area contributed by atoms with Gasteiger partial charge in [-0.15, -0.1) is 0 Å². The van der Waals surface area contributed by atoms with Gasteiger partial charge >= 0.3 is 0 Å². The van der Waals surface area contributed by atoms with Gasteiger partial charge in [0.15, 0.2) is 0 Å². The van der Waals surface area contributed by atoms with Gasteiger partial charge in [0.25, 0.3) is 5.91 Å². The SMILES string of the molecule is CC(C)c1ncc(C(=O)N(C)C)[nH]1.Cc1cccnc1C(C)C.[HH]. The van der Waals surface area contributed by atoms with E-state index in [2.05, 4.69) is 41.8 Å². The summed E-state index contributed by atoms with van der Waals surface area (Å²) in [5, 5.41) is 0. The molecule has 0 aliphatic rings. The van der Waals surface area contributed by atoms with E-state index < -0.39 is 0 Å². The lowest BCUT2D eigenvalue weighted by molar-refractivity contribution is 0.0822. The third kappa shape index (κ3) is 5.51. The lowest BCUT2D eigenvalue weighted by Gasteiger charge is -2.07. The number of pyridine rings is 1. The first-order valence-corrected chi connectivity index (χ1v) is 7.92. The van der Waals surface area contributed by atoms with Gasteiger partial charge in [-0.25, -0.2) is 4.98 Å². The van der Waals surface area contributed by atoms with Crippen molar-refractivity contribution < 1.29 is 6.22 Å². The Labute approximate surface area is 140 Å². The van der Waals surface area contributed by atoms with Crippen LogP contribution in [0.2, 0.25) is 0 Å². The number of carbonyl (C=O) groups is 1. The average molecular weight is 318 g/mol. The van der Waals surface area contributed by atoms with Crippen LogP contribution in [0.4, 0.5) is 0 Å². The number of aryl methyl sites for hydroxylation is 1. The molecule has 2 aromatic heterocycles. The smallest absolute Gasteiger partial charge is 0.271 e. The Hall–Kier alpha value is -2.17. The second kappa shape index (κ2) is 8.46. The number of aromatic amines is 1. The number of hydrogen-bond acceptors (Lipinski definition) is 3. The summed E-state index contributed by atoms with van der Waals surface area (Å²) in [5.74, 6) is 1.68. The first kappa shape index (κ1) is 18.9. The Morgan fingerprint density at radius 3 is 2.22 bits per heavy atom. The molecule has 0 aromatic carbocycles. The summed E-state index contributed by atoms with van der Waals surface area (Å²) in [5.41, 5.74) is 3.05. The molecule has 2 aromatic rings. The number of rotatable bonds is 3. The first-order valence-electron chi connectivity index (χ1n) is 7.92. The predicted molar refractivity (Wildman–Crippen MR) is 95.9 cm³/mol. The van der Waals surface area contributed by atoms with E-state index in [0.29, 0.717) is 17.5 Å². The lowest BCUT2D eigenvalue weighted by atomic mass is 10.1. The van der Waals surface area contributed by atoms with Crippen molar-refractivity contribution in [3.8, 4) is 0 Å². The van der Waals surface area contributed by atoms with Crippen LogP contribution in [0.5, 0.6) is 0 Å². The van der Waals surface area contributed by atoms with Crippen molar-refractivity contribution in [3.05, 3.63) is 47.3 Å². The van der Waals surface area contributed by atoms with Crippen molar-refractivity contribution in [2.75, 3.05) is 14.1 Å². The van der Waals surface area contributed by atoms with Crippen LogP contribution in [-0.4, -0.2) is 39.9 Å². The van der Waals surface area contributed by atoms with Gasteiger partial charge in [0.1, 0.15) is 11.5 Å². The van der Waals surface area contributed by atoms with Crippen LogP contribution < -0.4 is 0 Å². The number of amides is 1. The summed E-state index contributed by atoms with van der Waals surface area (Å²) < 4.78 is 0. The van der Waals surface area contributed by atoms with Crippen LogP contribution >= 0.6 is 0 Å². The highest BCUT2D eigenvalue weighted by molar-refractivity contribution is 5.91. The van der Waals surface area contributed by atoms with Crippen molar-refractivity contribution in [2.45, 2.75) is 46.5 Å². The molecule has 0 saturated heterocycles. The minimum atomic E-state index is -0.0422. The summed E-state index contributed by atoms with van der Waals surface area (Å²) in [4.78, 5) is 24.3. The molecule has 0 aliphatic carbocycles. The fourth-order valence-corrected chi connectivity index (χ4v) is 2.08. The first-order chi connectivity index (χ1) is 10.7. The fraction of sp³-hybridized carbons (Fsp3) is 0.500. The van der Waals surface area contributed by atoms with E-state index in [-0.39, 0.29) is 7.33 Å². The predicted octanol–water partition coefficient (Wildman–Crippen LogP) is 3.99. The Balaban J connectivity index is 0.000000436. The van der Waals surface area contributed by atoms with Gasteiger partial charge < -0.3 is 9.88 Å². The van der Waals surface area contributed by atoms with Crippen LogP contribution in [0.25, 0.3) is 0 Å². The molecule has 1 N–H and O–H groups in total. The van der Waals surface area contributed by atoms with Gasteiger partial charge in [0.05, 0.1) is 6.20 Å². The van der Waals surface area contributed by atoms with Crippen LogP contribution in [0.15, 0.2) is 24.5 Å². The van der Waals surface area contributed by atoms with E-state index in [1.807, 2.05) is 26.1 Å². The van der Waals surface area contributed by atoms with E-state index in [4.69, 9.17) is 0 Å². The lowest BCUT2D eigenvalue weighted by Crippen LogP contribution is -2.21. The molecule has 0 radical (unpaired) electrons. The van der Waals surface area contributed by atoms with Crippen molar-refractivity contribution >= 4 is 5.91 Å². The second-order valence-electron chi connectivity index (χ2n) is 6.40. The molecule has 5 nitrogen and oxygen atoms in total. The van der Waals surface area contributed by atoms with E-state index >= 15 is 0 Å². The molecular formula is C18H30N4O. The molecule has 128 valence electrons. The molecule has 0 spiro atoms. The van der Waals surface area contributed by atoms with Crippen molar-refractivity contribution in [3.63, 3.8) is 0 Å². The Kier molecular flexibility index (Phi) is 6.94. The molecule has 0 unspecified atom stereocenters. The van der Waals surface area contributed by atoms with Gasteiger partial charge in [0.2, 0.25) is 0 Å². The Morgan fingerprint density at radius 1 is 1.17 bits per heavy atom. The maximum atomic E-state index is 11.4. The van der Waals surface area contributed by atoms with Gasteiger partial charge in [-0.1, -0.05) is 33.8 Å². The van der Waals surface area contributed by atoms with Gasteiger partial charge in [0, 0.05) is 33.3 Å². The van der Waals surface area contributed by atoms with Crippen molar-refractivity contribution in [1.82, 2.24) is 19.9 Å². The zero-order valence-electron chi connectivity index (χ0n) is 15.2. The van der Waals surface area contributed by atoms with Gasteiger partial charge in [-0.2, -0.15) is 0 Å². The summed E-state index contributed by atoms with van der Waals surface area (Å²) in [6, 6.07) is 4.07. The number of nitrogens with zero attached hydrogens (tertiary/aromatic N) is 3. The monoisotopic (exact) mass is 318 g/mol. The van der Waals surface area contributed by atoms with E-state index in [0.717, 1.165) is 5.82 Å². The zero-order valence-corrected chi connectivity index (χ0v) is 15.2. The molecule has 2 rings (SSSR count). The number of aromatic nitrogens is 3. The average Bonchev–Trinajstić information content (AvgIpc) is 2.97. The standard InChI is InChI=1S/C9H15N3O.C9H13N.H2/c1-6(2)8-10-5-7(11-8)9(13)12(3)4;1-7(2)9-8(3)5-4-6-10-9;/h5-6H,1-4H3,(H,10,11);4-7H,1-3H3;1H. The van der Waals surface area contributed by atoms with Crippen molar-refractivity contribution in [2.24, 2.45) is 0 Å². The van der Waals surface area contributed by atoms with E-state index in [9.17, 15) is 4.79 Å². The van der Waals surface area contributed by atoms with E-state index in [1.54, 1.807) is 20.3 Å². The molecule has 1 amide bonds. The maximum Gasteiger partial charge on any atom is 0.271 e. The number of carbonyl (C=O) groups excluding carboxylic acids is 1. The topological polar surface area (TPSA) is 61.9 Å². The number of nitrogens with one attached hydrogen (secondary N) is 1. The van der Waals surface area contributed by atoms with E-state index in [1.165, 1.54) is 16.2 Å².